The molecule has 0 amide bonds. The van der Waals surface area contributed by atoms with Crippen molar-refractivity contribution in [1.82, 2.24) is 0 Å². The molecule has 0 N–H and O–H groups in total. The molecule has 0 rings (SSSR count). The van der Waals surface area contributed by atoms with Crippen LogP contribution >= 0.6 is 14.5 Å². The van der Waals surface area contributed by atoms with Crippen molar-refractivity contribution in [2.45, 2.75) is 158 Å². The molecule has 0 bridgehead atoms. The van der Waals surface area contributed by atoms with Crippen molar-refractivity contribution in [3.63, 3.8) is 0 Å². The largest absolute Gasteiger partial charge is 0.0654 e. The van der Waals surface area contributed by atoms with E-state index in [9.17, 15) is 0 Å². The third-order valence-corrected chi connectivity index (χ3v) is 18.8. The summed E-state index contributed by atoms with van der Waals surface area (Å²) in [5.74, 6) is 0. The Morgan fingerprint density at radius 2 is 0.529 bits per heavy atom. The normalized spacial score (nSPS) is 12.0. The Hall–Kier alpha value is 0.860. The second-order valence-electron chi connectivity index (χ2n) is 11.1. The first-order valence-electron chi connectivity index (χ1n) is 16.2. The molecule has 0 saturated heterocycles. The van der Waals surface area contributed by atoms with Crippen molar-refractivity contribution in [1.29, 1.82) is 0 Å². The van der Waals surface area contributed by atoms with Crippen molar-refractivity contribution in [2.75, 3.05) is 49.3 Å². The molecule has 0 aromatic heterocycles. The van der Waals surface area contributed by atoms with Crippen molar-refractivity contribution in [2.24, 2.45) is 0 Å². The summed E-state index contributed by atoms with van der Waals surface area (Å²) in [7, 11) is -1.08. The third kappa shape index (κ3) is 20.0. The zero-order chi connectivity index (χ0) is 26.0. The molecule has 0 spiro atoms. The molecule has 0 aromatic carbocycles. The fourth-order valence-electron chi connectivity index (χ4n) is 5.40. The predicted octanol–water partition coefficient (Wildman–Crippen LogP) is 12.4. The van der Waals surface area contributed by atoms with Crippen molar-refractivity contribution < 1.29 is 0 Å². The lowest BCUT2D eigenvalue weighted by molar-refractivity contribution is 0.625. The van der Waals surface area contributed by atoms with Crippen LogP contribution in [0, 0.1) is 0 Å². The summed E-state index contributed by atoms with van der Waals surface area (Å²) in [5.41, 5.74) is 0. The average Bonchev–Trinajstić information content (AvgIpc) is 2.87. The Balaban J connectivity index is 0. The van der Waals surface area contributed by atoms with Gasteiger partial charge in [-0.1, -0.05) is 92.4 Å². The first kappa shape index (κ1) is 37.0. The fourth-order valence-corrected chi connectivity index (χ4v) is 13.8. The summed E-state index contributed by atoms with van der Waals surface area (Å²) < 4.78 is 0. The van der Waals surface area contributed by atoms with E-state index in [4.69, 9.17) is 0 Å². The van der Waals surface area contributed by atoms with E-state index in [-0.39, 0.29) is 0 Å². The lowest BCUT2D eigenvalue weighted by Crippen LogP contribution is -2.12. The molecule has 0 aliphatic heterocycles. The van der Waals surface area contributed by atoms with Crippen LogP contribution in [0.3, 0.4) is 0 Å². The number of hydrogen-bond acceptors (Lipinski definition) is 0. The van der Waals surface area contributed by atoms with Crippen molar-refractivity contribution in [3.8, 4) is 0 Å². The van der Waals surface area contributed by atoms with Gasteiger partial charge in [-0.2, -0.15) is 0 Å². The standard InChI is InChI=1S/C18H40P.C14H32P/c1-5-9-13-14-18-19(15-10-6-2,16-11-7-3)17-12-8-4;1-5-9-10-11-12-13-14-15(6-2,7-3)8-4/h5-18H2,1-4H3;5-14H2,1-4H3/q2*+1. The van der Waals surface area contributed by atoms with Gasteiger partial charge in [0.15, 0.2) is 0 Å². The van der Waals surface area contributed by atoms with Crippen LogP contribution in [-0.4, -0.2) is 49.3 Å². The smallest absolute Gasteiger partial charge is 0.0594 e. The summed E-state index contributed by atoms with van der Waals surface area (Å²) in [6, 6.07) is 0. The van der Waals surface area contributed by atoms with Gasteiger partial charge >= 0.3 is 0 Å². The highest BCUT2D eigenvalue weighted by Crippen LogP contribution is 2.61. The van der Waals surface area contributed by atoms with E-state index >= 15 is 0 Å². The Morgan fingerprint density at radius 1 is 0.265 bits per heavy atom. The van der Waals surface area contributed by atoms with E-state index in [2.05, 4.69) is 55.4 Å². The predicted molar refractivity (Wildman–Crippen MR) is 172 cm³/mol. The van der Waals surface area contributed by atoms with Gasteiger partial charge in [0.1, 0.15) is 0 Å². The molecule has 0 aliphatic carbocycles. The maximum atomic E-state index is 2.41. The quantitative estimate of drug-likeness (QED) is 0.0880. The summed E-state index contributed by atoms with van der Waals surface area (Å²) in [4.78, 5) is 0. The summed E-state index contributed by atoms with van der Waals surface area (Å²) >= 11 is 0. The van der Waals surface area contributed by atoms with E-state index in [0.29, 0.717) is 0 Å². The van der Waals surface area contributed by atoms with E-state index in [1.807, 2.05) is 0 Å². The highest BCUT2D eigenvalue weighted by atomic mass is 31.2. The van der Waals surface area contributed by atoms with Gasteiger partial charge < -0.3 is 0 Å². The molecule has 0 radical (unpaired) electrons. The third-order valence-electron chi connectivity index (χ3n) is 8.44. The maximum Gasteiger partial charge on any atom is 0.0594 e. The highest BCUT2D eigenvalue weighted by Gasteiger charge is 2.34. The van der Waals surface area contributed by atoms with Crippen molar-refractivity contribution >= 4 is 14.5 Å². The first-order valence-corrected chi connectivity index (χ1v) is 21.2. The minimum absolute atomic E-state index is 0.494. The molecule has 0 aliphatic rings. The Morgan fingerprint density at radius 3 is 0.882 bits per heavy atom. The Kier molecular flexibility index (Phi) is 29.3. The molecule has 0 unspecified atom stereocenters. The van der Waals surface area contributed by atoms with Crippen LogP contribution in [-0.2, 0) is 0 Å². The molecule has 0 saturated carbocycles. The van der Waals surface area contributed by atoms with Crippen LogP contribution in [0.4, 0.5) is 0 Å². The van der Waals surface area contributed by atoms with Gasteiger partial charge in [-0.25, -0.2) is 0 Å². The zero-order valence-corrected chi connectivity index (χ0v) is 27.7. The fraction of sp³-hybridized carbons (Fsp3) is 1.00. The zero-order valence-electron chi connectivity index (χ0n) is 25.9. The molecule has 0 nitrogen and oxygen atoms in total. The topological polar surface area (TPSA) is 0 Å². The second kappa shape index (κ2) is 26.9. The molecule has 0 atom stereocenters. The molecular weight excluding hydrogens is 446 g/mol. The van der Waals surface area contributed by atoms with Gasteiger partial charge in [-0.15, -0.1) is 0 Å². The van der Waals surface area contributed by atoms with Gasteiger partial charge in [-0.05, 0) is 65.7 Å². The van der Waals surface area contributed by atoms with Crippen molar-refractivity contribution in [3.05, 3.63) is 0 Å². The first-order chi connectivity index (χ1) is 16.5. The summed E-state index contributed by atoms with van der Waals surface area (Å²) in [5, 5.41) is 0. The Bertz CT molecular complexity index is 345. The van der Waals surface area contributed by atoms with E-state index in [1.54, 1.807) is 30.8 Å². The molecule has 34 heavy (non-hydrogen) atoms. The van der Waals surface area contributed by atoms with E-state index in [1.165, 1.54) is 121 Å². The summed E-state index contributed by atoms with van der Waals surface area (Å²) in [6.45, 7) is 19.0. The lowest BCUT2D eigenvalue weighted by atomic mass is 10.1. The van der Waals surface area contributed by atoms with Gasteiger partial charge in [0.25, 0.3) is 0 Å². The molecule has 0 fully saturated rings. The van der Waals surface area contributed by atoms with Crippen LogP contribution in [0.25, 0.3) is 0 Å². The maximum absolute atomic E-state index is 2.41. The van der Waals surface area contributed by atoms with Gasteiger partial charge in [-0.3, -0.25) is 0 Å². The molecule has 0 heterocycles. The lowest BCUT2D eigenvalue weighted by Gasteiger charge is -2.28. The second-order valence-corrected chi connectivity index (χ2v) is 20.6. The van der Waals surface area contributed by atoms with Gasteiger partial charge in [0.05, 0.1) is 49.3 Å². The molecular formula is C32H72P2+2. The number of rotatable bonds is 24. The van der Waals surface area contributed by atoms with Crippen LogP contribution in [0.5, 0.6) is 0 Å². The molecule has 208 valence electrons. The molecule has 0 aromatic rings. The minimum atomic E-state index is -0.586. The minimum Gasteiger partial charge on any atom is -0.0654 e. The SMILES string of the molecule is CCCCCCCC[P+](CC)(CC)CC.CCCCCC[P+](CCCC)(CCCC)CCCC. The monoisotopic (exact) mass is 519 g/mol. The van der Waals surface area contributed by atoms with Crippen LogP contribution in [0.2, 0.25) is 0 Å². The number of hydrogen-bond donors (Lipinski definition) is 0. The van der Waals surface area contributed by atoms with Gasteiger partial charge in [0.2, 0.25) is 0 Å². The number of unbranched alkanes of at least 4 members (excludes halogenated alkanes) is 11. The summed E-state index contributed by atoms with van der Waals surface area (Å²) in [6.07, 6.45) is 35.7. The molecule has 2 heteroatoms. The highest BCUT2D eigenvalue weighted by molar-refractivity contribution is 7.76. The van der Waals surface area contributed by atoms with E-state index in [0.717, 1.165) is 0 Å². The average molecular weight is 519 g/mol. The van der Waals surface area contributed by atoms with Gasteiger partial charge in [0, 0.05) is 14.5 Å². The van der Waals surface area contributed by atoms with Crippen LogP contribution in [0.15, 0.2) is 0 Å². The Labute approximate surface area is 221 Å². The van der Waals surface area contributed by atoms with E-state index < -0.39 is 14.5 Å². The van der Waals surface area contributed by atoms with Crippen LogP contribution in [0.1, 0.15) is 158 Å². The van der Waals surface area contributed by atoms with Crippen LogP contribution < -0.4 is 0 Å².